The third-order valence-corrected chi connectivity index (χ3v) is 3.12. The molecule has 2 rings (SSSR count). The third kappa shape index (κ3) is 1.90. The van der Waals surface area contributed by atoms with E-state index in [1.165, 1.54) is 0 Å². The summed E-state index contributed by atoms with van der Waals surface area (Å²) >= 11 is 0. The summed E-state index contributed by atoms with van der Waals surface area (Å²) in [5.41, 5.74) is 1.36. The molecule has 1 aromatic heterocycles. The van der Waals surface area contributed by atoms with Gasteiger partial charge >= 0.3 is 0 Å². The summed E-state index contributed by atoms with van der Waals surface area (Å²) in [5, 5.41) is 0.905. The Morgan fingerprint density at radius 2 is 1.94 bits per heavy atom. The number of hydrogen-bond acceptors (Lipinski definition) is 2. The molecule has 0 spiro atoms. The van der Waals surface area contributed by atoms with Crippen LogP contribution < -0.4 is 4.74 Å². The molecule has 0 saturated carbocycles. The Bertz CT molecular complexity index is 603. The van der Waals surface area contributed by atoms with Crippen molar-refractivity contribution in [2.45, 2.75) is 20.8 Å². The molecule has 3 nitrogen and oxygen atoms in total. The van der Waals surface area contributed by atoms with E-state index in [-0.39, 0.29) is 5.78 Å². The SMILES string of the molecule is COc1cccc2c1c(C(=O)C(C)(C)C)cn2C. The topological polar surface area (TPSA) is 31.2 Å². The van der Waals surface area contributed by atoms with Gasteiger partial charge in [-0.15, -0.1) is 0 Å². The molecule has 0 aliphatic carbocycles. The molecule has 0 amide bonds. The van der Waals surface area contributed by atoms with Gasteiger partial charge in [-0.05, 0) is 12.1 Å². The lowest BCUT2D eigenvalue weighted by Crippen LogP contribution is -2.19. The van der Waals surface area contributed by atoms with Gasteiger partial charge in [0.05, 0.1) is 18.0 Å². The number of nitrogens with zero attached hydrogens (tertiary/aromatic N) is 1. The van der Waals surface area contributed by atoms with E-state index in [0.29, 0.717) is 0 Å². The minimum atomic E-state index is -0.394. The first-order valence-electron chi connectivity index (χ1n) is 6.03. The predicted molar refractivity (Wildman–Crippen MR) is 73.3 cm³/mol. The van der Waals surface area contributed by atoms with E-state index < -0.39 is 5.41 Å². The van der Waals surface area contributed by atoms with Gasteiger partial charge in [0, 0.05) is 24.2 Å². The number of carbonyl (C=O) groups excluding carboxylic acids is 1. The van der Waals surface area contributed by atoms with E-state index in [0.717, 1.165) is 22.2 Å². The number of aryl methyl sites for hydroxylation is 1. The molecule has 96 valence electrons. The minimum absolute atomic E-state index is 0.137. The Labute approximate surface area is 107 Å². The summed E-state index contributed by atoms with van der Waals surface area (Å²) in [6.07, 6.45) is 1.89. The van der Waals surface area contributed by atoms with Gasteiger partial charge < -0.3 is 9.30 Å². The Kier molecular flexibility index (Phi) is 2.93. The molecule has 1 heterocycles. The average molecular weight is 245 g/mol. The van der Waals surface area contributed by atoms with Crippen molar-refractivity contribution in [3.63, 3.8) is 0 Å². The predicted octanol–water partition coefficient (Wildman–Crippen LogP) is 3.42. The summed E-state index contributed by atoms with van der Waals surface area (Å²) in [7, 11) is 3.58. The van der Waals surface area contributed by atoms with Crippen LogP contribution in [-0.2, 0) is 7.05 Å². The first kappa shape index (κ1) is 12.7. The Balaban J connectivity index is 2.76. The zero-order valence-electron chi connectivity index (χ0n) is 11.6. The maximum absolute atomic E-state index is 12.5. The number of methoxy groups -OCH3 is 1. The second kappa shape index (κ2) is 4.16. The van der Waals surface area contributed by atoms with Crippen LogP contribution >= 0.6 is 0 Å². The molecule has 0 N–H and O–H groups in total. The minimum Gasteiger partial charge on any atom is -0.496 e. The molecular formula is C15H19NO2. The summed E-state index contributed by atoms with van der Waals surface area (Å²) in [5.74, 6) is 0.887. The van der Waals surface area contributed by atoms with Gasteiger partial charge in [0.1, 0.15) is 5.75 Å². The van der Waals surface area contributed by atoms with E-state index in [1.54, 1.807) is 7.11 Å². The largest absolute Gasteiger partial charge is 0.496 e. The van der Waals surface area contributed by atoms with Gasteiger partial charge in [-0.3, -0.25) is 4.79 Å². The highest BCUT2D eigenvalue weighted by atomic mass is 16.5. The zero-order chi connectivity index (χ0) is 13.5. The fourth-order valence-electron chi connectivity index (χ4n) is 2.16. The molecule has 0 bridgehead atoms. The fraction of sp³-hybridized carbons (Fsp3) is 0.400. The number of rotatable bonds is 2. The number of Topliss-reactive ketones (excluding diaryl/α,β-unsaturated/α-hetero) is 1. The van der Waals surface area contributed by atoms with Gasteiger partial charge in [0.2, 0.25) is 0 Å². The maximum Gasteiger partial charge on any atom is 0.170 e. The standard InChI is InChI=1S/C15H19NO2/c1-15(2,3)14(17)10-9-16(4)11-7-6-8-12(18-5)13(10)11/h6-9H,1-5H3. The molecule has 2 aromatic rings. The highest BCUT2D eigenvalue weighted by Crippen LogP contribution is 2.33. The van der Waals surface area contributed by atoms with E-state index in [1.807, 2.05) is 56.8 Å². The monoisotopic (exact) mass is 245 g/mol. The molecular weight excluding hydrogens is 226 g/mol. The van der Waals surface area contributed by atoms with E-state index in [9.17, 15) is 4.79 Å². The third-order valence-electron chi connectivity index (χ3n) is 3.12. The number of hydrogen-bond donors (Lipinski definition) is 0. The molecule has 18 heavy (non-hydrogen) atoms. The van der Waals surface area contributed by atoms with Crippen LogP contribution in [0.1, 0.15) is 31.1 Å². The summed E-state index contributed by atoms with van der Waals surface area (Å²) in [6.45, 7) is 5.80. The van der Waals surface area contributed by atoms with Crippen molar-refractivity contribution in [2.24, 2.45) is 12.5 Å². The molecule has 3 heteroatoms. The molecule has 0 radical (unpaired) electrons. The van der Waals surface area contributed by atoms with Crippen molar-refractivity contribution < 1.29 is 9.53 Å². The summed E-state index contributed by atoms with van der Waals surface area (Å²) < 4.78 is 7.35. The van der Waals surface area contributed by atoms with Gasteiger partial charge in [-0.2, -0.15) is 0 Å². The van der Waals surface area contributed by atoms with Crippen molar-refractivity contribution in [1.82, 2.24) is 4.57 Å². The zero-order valence-corrected chi connectivity index (χ0v) is 11.6. The lowest BCUT2D eigenvalue weighted by atomic mass is 9.86. The molecule has 1 aromatic carbocycles. The number of ketones is 1. The Morgan fingerprint density at radius 1 is 1.28 bits per heavy atom. The van der Waals surface area contributed by atoms with Crippen LogP contribution in [0.2, 0.25) is 0 Å². The van der Waals surface area contributed by atoms with Gasteiger partial charge in [0.25, 0.3) is 0 Å². The molecule has 0 fully saturated rings. The molecule has 0 unspecified atom stereocenters. The van der Waals surface area contributed by atoms with Crippen LogP contribution in [0.4, 0.5) is 0 Å². The fourth-order valence-corrected chi connectivity index (χ4v) is 2.16. The lowest BCUT2D eigenvalue weighted by Gasteiger charge is -2.16. The number of ether oxygens (including phenoxy) is 1. The first-order valence-corrected chi connectivity index (χ1v) is 6.03. The van der Waals surface area contributed by atoms with Gasteiger partial charge in [-0.25, -0.2) is 0 Å². The molecule has 0 aliphatic rings. The quantitative estimate of drug-likeness (QED) is 0.759. The van der Waals surface area contributed by atoms with E-state index in [4.69, 9.17) is 4.74 Å². The van der Waals surface area contributed by atoms with Crippen molar-refractivity contribution in [2.75, 3.05) is 7.11 Å². The van der Waals surface area contributed by atoms with Crippen molar-refractivity contribution in [1.29, 1.82) is 0 Å². The molecule has 0 aliphatic heterocycles. The van der Waals surface area contributed by atoms with Crippen LogP contribution in [0.25, 0.3) is 10.9 Å². The summed E-state index contributed by atoms with van der Waals surface area (Å²) in [6, 6.07) is 5.82. The van der Waals surface area contributed by atoms with Crippen LogP contribution in [0.3, 0.4) is 0 Å². The first-order chi connectivity index (χ1) is 8.36. The molecule has 0 saturated heterocycles. The number of carbonyl (C=O) groups is 1. The van der Waals surface area contributed by atoms with Crippen molar-refractivity contribution in [3.05, 3.63) is 30.0 Å². The second-order valence-corrected chi connectivity index (χ2v) is 5.59. The molecule has 0 atom stereocenters. The van der Waals surface area contributed by atoms with Gasteiger partial charge in [-0.1, -0.05) is 26.8 Å². The van der Waals surface area contributed by atoms with Gasteiger partial charge in [0.15, 0.2) is 5.78 Å². The lowest BCUT2D eigenvalue weighted by molar-refractivity contribution is 0.0860. The van der Waals surface area contributed by atoms with Crippen LogP contribution in [0.5, 0.6) is 5.75 Å². The summed E-state index contributed by atoms with van der Waals surface area (Å²) in [4.78, 5) is 12.5. The van der Waals surface area contributed by atoms with Crippen LogP contribution in [0.15, 0.2) is 24.4 Å². The van der Waals surface area contributed by atoms with E-state index in [2.05, 4.69) is 0 Å². The normalized spacial score (nSPS) is 11.8. The Morgan fingerprint density at radius 3 is 2.50 bits per heavy atom. The smallest absolute Gasteiger partial charge is 0.170 e. The van der Waals surface area contributed by atoms with Crippen LogP contribution in [0, 0.1) is 5.41 Å². The van der Waals surface area contributed by atoms with Crippen LogP contribution in [-0.4, -0.2) is 17.5 Å². The highest BCUT2D eigenvalue weighted by molar-refractivity contribution is 6.12. The maximum atomic E-state index is 12.5. The average Bonchev–Trinajstić information content (AvgIpc) is 2.65. The number of fused-ring (bicyclic) bond motifs is 1. The van der Waals surface area contributed by atoms with E-state index >= 15 is 0 Å². The Hall–Kier alpha value is -1.77. The number of benzene rings is 1. The van der Waals surface area contributed by atoms with Crippen molar-refractivity contribution in [3.8, 4) is 5.75 Å². The second-order valence-electron chi connectivity index (χ2n) is 5.59. The number of aromatic nitrogens is 1. The van der Waals surface area contributed by atoms with Crippen molar-refractivity contribution >= 4 is 16.7 Å². The highest BCUT2D eigenvalue weighted by Gasteiger charge is 2.27.